The Morgan fingerprint density at radius 2 is 1.44 bits per heavy atom. The van der Waals surface area contributed by atoms with E-state index in [0.717, 1.165) is 7.11 Å². The highest BCUT2D eigenvalue weighted by molar-refractivity contribution is 9.10. The molecule has 0 saturated carbocycles. The summed E-state index contributed by atoms with van der Waals surface area (Å²) in [6, 6.07) is 0. The molecule has 0 heterocycles. The molecule has 0 saturated heterocycles. The quantitative estimate of drug-likeness (QED) is 0.280. The van der Waals surface area contributed by atoms with E-state index in [2.05, 4.69) is 20.7 Å². The van der Waals surface area contributed by atoms with Crippen molar-refractivity contribution < 1.29 is 31.5 Å². The van der Waals surface area contributed by atoms with Gasteiger partial charge in [0.25, 0.3) is 0 Å². The summed E-state index contributed by atoms with van der Waals surface area (Å²) in [4.78, 5) is 9.79. The van der Waals surface area contributed by atoms with Gasteiger partial charge in [0, 0.05) is 12.0 Å². The molecule has 1 unspecified atom stereocenters. The van der Waals surface area contributed by atoms with Crippen molar-refractivity contribution in [3.63, 3.8) is 0 Å². The van der Waals surface area contributed by atoms with Crippen molar-refractivity contribution in [3.8, 4) is 0 Å². The summed E-state index contributed by atoms with van der Waals surface area (Å²) in [6.07, 6.45) is -0.724. The van der Waals surface area contributed by atoms with Crippen molar-refractivity contribution in [1.82, 2.24) is 0 Å². The van der Waals surface area contributed by atoms with Crippen LogP contribution in [-0.4, -0.2) is 17.9 Å². The van der Waals surface area contributed by atoms with Crippen LogP contribution in [0, 0.1) is 29.1 Å². The van der Waals surface area contributed by atoms with Gasteiger partial charge in [-0.3, -0.25) is 4.79 Å². The maximum Gasteiger partial charge on any atom is 0.319 e. The summed E-state index contributed by atoms with van der Waals surface area (Å²) >= 11 is 2.73. The molecule has 0 aliphatic rings. The SMILES string of the molecule is COC(=O)C(Br)Cc1c(F)c(F)c(F)c(F)c1F. The molecule has 0 amide bonds. The van der Waals surface area contributed by atoms with E-state index in [9.17, 15) is 26.7 Å². The van der Waals surface area contributed by atoms with Crippen molar-refractivity contribution in [2.75, 3.05) is 7.11 Å². The van der Waals surface area contributed by atoms with Gasteiger partial charge in [0.1, 0.15) is 4.83 Å². The Morgan fingerprint density at radius 3 is 1.83 bits per heavy atom. The largest absolute Gasteiger partial charge is 0.468 e. The Kier molecular flexibility index (Phi) is 4.66. The molecule has 100 valence electrons. The number of benzene rings is 1. The van der Waals surface area contributed by atoms with Crippen molar-refractivity contribution in [1.29, 1.82) is 0 Å². The van der Waals surface area contributed by atoms with E-state index in [0.29, 0.717) is 0 Å². The van der Waals surface area contributed by atoms with Crippen molar-refractivity contribution >= 4 is 21.9 Å². The molecule has 0 aliphatic carbocycles. The van der Waals surface area contributed by atoms with E-state index < -0.39 is 51.9 Å². The predicted octanol–water partition coefficient (Wildman–Crippen LogP) is 2.86. The van der Waals surface area contributed by atoms with E-state index in [4.69, 9.17) is 0 Å². The summed E-state index contributed by atoms with van der Waals surface area (Å²) in [5.41, 5.74) is -1.07. The Hall–Kier alpha value is -1.18. The van der Waals surface area contributed by atoms with E-state index in [1.54, 1.807) is 0 Å². The average Bonchev–Trinajstić information content (AvgIpc) is 2.37. The molecular weight excluding hydrogens is 327 g/mol. The smallest absolute Gasteiger partial charge is 0.319 e. The highest BCUT2D eigenvalue weighted by atomic mass is 79.9. The van der Waals surface area contributed by atoms with Gasteiger partial charge in [-0.25, -0.2) is 22.0 Å². The molecule has 1 aromatic carbocycles. The molecule has 0 fully saturated rings. The lowest BCUT2D eigenvalue weighted by Crippen LogP contribution is -2.20. The van der Waals surface area contributed by atoms with Gasteiger partial charge in [-0.1, -0.05) is 15.9 Å². The lowest BCUT2D eigenvalue weighted by atomic mass is 10.1. The van der Waals surface area contributed by atoms with Gasteiger partial charge in [-0.15, -0.1) is 0 Å². The van der Waals surface area contributed by atoms with Crippen LogP contribution >= 0.6 is 15.9 Å². The number of alkyl halides is 1. The molecule has 18 heavy (non-hydrogen) atoms. The number of rotatable bonds is 3. The van der Waals surface area contributed by atoms with Crippen LogP contribution in [-0.2, 0) is 16.0 Å². The van der Waals surface area contributed by atoms with Gasteiger partial charge in [0.15, 0.2) is 23.3 Å². The molecule has 0 aromatic heterocycles. The highest BCUT2D eigenvalue weighted by Crippen LogP contribution is 2.25. The molecule has 1 rings (SSSR count). The van der Waals surface area contributed by atoms with Crippen LogP contribution in [0.15, 0.2) is 0 Å². The lowest BCUT2D eigenvalue weighted by Gasteiger charge is -2.11. The van der Waals surface area contributed by atoms with Crippen molar-refractivity contribution in [3.05, 3.63) is 34.6 Å². The summed E-state index contributed by atoms with van der Waals surface area (Å²) in [7, 11) is 1.02. The molecule has 0 aliphatic heterocycles. The molecule has 0 spiro atoms. The predicted molar refractivity (Wildman–Crippen MR) is 54.7 cm³/mol. The van der Waals surface area contributed by atoms with Crippen LogP contribution < -0.4 is 0 Å². The van der Waals surface area contributed by atoms with Crippen LogP contribution in [0.5, 0.6) is 0 Å². The molecule has 8 heteroatoms. The molecule has 1 atom stereocenters. The van der Waals surface area contributed by atoms with Crippen LogP contribution in [0.2, 0.25) is 0 Å². The minimum Gasteiger partial charge on any atom is -0.468 e. The second-order valence-corrected chi connectivity index (χ2v) is 4.35. The fraction of sp³-hybridized carbons (Fsp3) is 0.300. The number of carbonyl (C=O) groups is 1. The molecule has 2 nitrogen and oxygen atoms in total. The Balaban J connectivity index is 3.22. The summed E-state index contributed by atoms with van der Waals surface area (Å²) in [5.74, 6) is -11.1. The van der Waals surface area contributed by atoms with Crippen LogP contribution in [0.4, 0.5) is 22.0 Å². The zero-order valence-corrected chi connectivity index (χ0v) is 10.5. The summed E-state index contributed by atoms with van der Waals surface area (Å²) in [5, 5.41) is 0. The van der Waals surface area contributed by atoms with Gasteiger partial charge >= 0.3 is 5.97 Å². The Labute approximate surface area is 107 Å². The zero-order valence-electron chi connectivity index (χ0n) is 8.87. The topological polar surface area (TPSA) is 26.3 Å². The first kappa shape index (κ1) is 14.9. The lowest BCUT2D eigenvalue weighted by molar-refractivity contribution is -0.139. The Bertz CT molecular complexity index is 463. The van der Waals surface area contributed by atoms with Gasteiger partial charge in [0.2, 0.25) is 5.82 Å². The second kappa shape index (κ2) is 5.64. The van der Waals surface area contributed by atoms with Crippen LogP contribution in [0.25, 0.3) is 0 Å². The number of carbonyl (C=O) groups excluding carboxylic acids is 1. The first-order valence-corrected chi connectivity index (χ1v) is 5.45. The van der Waals surface area contributed by atoms with Gasteiger partial charge in [0.05, 0.1) is 7.11 Å². The number of hydrogen-bond donors (Lipinski definition) is 0. The standard InChI is InChI=1S/C10H6BrF5O2/c1-18-10(17)4(11)2-3-5(12)7(14)9(16)8(15)6(3)13/h4H,2H2,1H3. The van der Waals surface area contributed by atoms with Crippen LogP contribution in [0.1, 0.15) is 5.56 Å². The van der Waals surface area contributed by atoms with E-state index >= 15 is 0 Å². The monoisotopic (exact) mass is 332 g/mol. The van der Waals surface area contributed by atoms with Crippen molar-refractivity contribution in [2.45, 2.75) is 11.2 Å². The van der Waals surface area contributed by atoms with Crippen molar-refractivity contribution in [2.24, 2.45) is 0 Å². The maximum absolute atomic E-state index is 13.2. The normalized spacial score (nSPS) is 12.4. The second-order valence-electron chi connectivity index (χ2n) is 3.24. The van der Waals surface area contributed by atoms with Gasteiger partial charge in [-0.05, 0) is 0 Å². The van der Waals surface area contributed by atoms with Gasteiger partial charge < -0.3 is 4.74 Å². The minimum absolute atomic E-state index is 0.724. The molecule has 1 aromatic rings. The van der Waals surface area contributed by atoms with E-state index in [-0.39, 0.29) is 0 Å². The van der Waals surface area contributed by atoms with Crippen LogP contribution in [0.3, 0.4) is 0 Å². The first-order valence-electron chi connectivity index (χ1n) is 4.53. The fourth-order valence-corrected chi connectivity index (χ4v) is 1.73. The molecule has 0 N–H and O–H groups in total. The van der Waals surface area contributed by atoms with Gasteiger partial charge in [-0.2, -0.15) is 0 Å². The highest BCUT2D eigenvalue weighted by Gasteiger charge is 2.28. The maximum atomic E-state index is 13.2. The third-order valence-electron chi connectivity index (χ3n) is 2.14. The van der Waals surface area contributed by atoms with E-state index in [1.807, 2.05) is 0 Å². The molecule has 0 bridgehead atoms. The van der Waals surface area contributed by atoms with E-state index in [1.165, 1.54) is 0 Å². The number of hydrogen-bond acceptors (Lipinski definition) is 2. The summed E-state index contributed by atoms with van der Waals surface area (Å²) < 4.78 is 69.1. The zero-order chi connectivity index (χ0) is 14.0. The molecule has 0 radical (unpaired) electrons. The number of methoxy groups -OCH3 is 1. The number of esters is 1. The minimum atomic E-state index is -2.24. The third kappa shape index (κ3) is 2.63. The number of ether oxygens (including phenoxy) is 1. The number of halogens is 6. The summed E-state index contributed by atoms with van der Waals surface area (Å²) in [6.45, 7) is 0. The Morgan fingerprint density at radius 1 is 1.06 bits per heavy atom. The average molecular weight is 333 g/mol. The molecular formula is C10H6BrF5O2. The third-order valence-corrected chi connectivity index (χ3v) is 2.84. The fourth-order valence-electron chi connectivity index (χ4n) is 1.22. The first-order chi connectivity index (χ1) is 8.31.